The monoisotopic (exact) mass is 482 g/mol. The molecule has 0 bridgehead atoms. The van der Waals surface area contributed by atoms with Crippen molar-refractivity contribution in [3.8, 4) is 5.75 Å². The Balaban J connectivity index is 1.53. The van der Waals surface area contributed by atoms with Crippen molar-refractivity contribution in [3.05, 3.63) is 102 Å². The van der Waals surface area contributed by atoms with E-state index in [0.717, 1.165) is 12.3 Å². The summed E-state index contributed by atoms with van der Waals surface area (Å²) in [5, 5.41) is 1.22. The molecule has 5 nitrogen and oxygen atoms in total. The molecule has 0 aliphatic carbocycles. The predicted molar refractivity (Wildman–Crippen MR) is 144 cm³/mol. The molecule has 3 aromatic carbocycles. The molecule has 5 rings (SSSR count). The van der Waals surface area contributed by atoms with Gasteiger partial charge in [0.05, 0.1) is 20.3 Å². The number of para-hydroxylation sites is 1. The number of ether oxygens (including phenoxy) is 2. The van der Waals surface area contributed by atoms with Crippen molar-refractivity contribution in [2.24, 2.45) is 0 Å². The highest BCUT2D eigenvalue weighted by Gasteiger charge is 2.29. The predicted octanol–water partition coefficient (Wildman–Crippen LogP) is 5.83. The Kier molecular flexibility index (Phi) is 7.38. The van der Waals surface area contributed by atoms with Crippen LogP contribution >= 0.6 is 0 Å². The molecule has 5 heteroatoms. The second kappa shape index (κ2) is 11.0. The topological polar surface area (TPSA) is 43.7 Å². The Bertz CT molecular complexity index is 1290. The van der Waals surface area contributed by atoms with Gasteiger partial charge in [-0.25, -0.2) is 0 Å². The fraction of sp³-hybridized carbons (Fsp3) is 0.323. The van der Waals surface area contributed by atoms with Gasteiger partial charge in [-0.1, -0.05) is 67.6 Å². The first-order valence-electron chi connectivity index (χ1n) is 12.7. The summed E-state index contributed by atoms with van der Waals surface area (Å²) >= 11 is 0. The van der Waals surface area contributed by atoms with Crippen molar-refractivity contribution < 1.29 is 14.3 Å². The molecule has 1 aromatic heterocycles. The van der Waals surface area contributed by atoms with Crippen LogP contribution in [0.25, 0.3) is 10.9 Å². The minimum atomic E-state index is 0.0600. The summed E-state index contributed by atoms with van der Waals surface area (Å²) in [4.78, 5) is 15.4. The van der Waals surface area contributed by atoms with Gasteiger partial charge in [-0.05, 0) is 40.8 Å². The third-order valence-electron chi connectivity index (χ3n) is 7.42. The summed E-state index contributed by atoms with van der Waals surface area (Å²) in [7, 11) is 1.69. The van der Waals surface area contributed by atoms with E-state index in [9.17, 15) is 4.79 Å². The molecule has 1 fully saturated rings. The molecule has 1 amide bonds. The third-order valence-corrected chi connectivity index (χ3v) is 7.42. The van der Waals surface area contributed by atoms with E-state index < -0.39 is 0 Å². The molecule has 0 radical (unpaired) electrons. The van der Waals surface area contributed by atoms with Crippen LogP contribution < -0.4 is 4.74 Å². The van der Waals surface area contributed by atoms with Crippen molar-refractivity contribution in [1.82, 2.24) is 9.47 Å². The van der Waals surface area contributed by atoms with Crippen molar-refractivity contribution in [2.75, 3.05) is 33.4 Å². The molecular formula is C31H34N2O3. The number of carbonyl (C=O) groups excluding carboxylic acids is 1. The number of morpholine rings is 1. The number of hydrogen-bond acceptors (Lipinski definition) is 3. The minimum Gasteiger partial charge on any atom is -0.497 e. The number of benzene rings is 3. The number of hydrogen-bond donors (Lipinski definition) is 0. The quantitative estimate of drug-likeness (QED) is 0.317. The molecule has 1 aliphatic rings. The van der Waals surface area contributed by atoms with Gasteiger partial charge in [-0.15, -0.1) is 0 Å². The fourth-order valence-corrected chi connectivity index (χ4v) is 5.30. The molecule has 2 heterocycles. The molecule has 0 spiro atoms. The van der Waals surface area contributed by atoms with Gasteiger partial charge in [-0.3, -0.25) is 4.79 Å². The van der Waals surface area contributed by atoms with E-state index in [-0.39, 0.29) is 17.7 Å². The normalized spacial score (nSPS) is 15.6. The van der Waals surface area contributed by atoms with Crippen LogP contribution in [-0.2, 0) is 16.1 Å². The van der Waals surface area contributed by atoms with Gasteiger partial charge in [-0.2, -0.15) is 0 Å². The number of methoxy groups -OCH3 is 1. The zero-order valence-electron chi connectivity index (χ0n) is 21.1. The number of carbonyl (C=O) groups is 1. The number of fused-ring (bicyclic) bond motifs is 1. The van der Waals surface area contributed by atoms with Crippen LogP contribution in [0.4, 0.5) is 0 Å². The molecule has 0 N–H and O–H groups in total. The van der Waals surface area contributed by atoms with Crippen molar-refractivity contribution in [1.29, 1.82) is 0 Å². The first-order chi connectivity index (χ1) is 17.6. The maximum atomic E-state index is 13.5. The zero-order chi connectivity index (χ0) is 24.9. The maximum Gasteiger partial charge on any atom is 0.223 e. The standard InChI is InChI=1S/C31H34N2O3/c1-23(25-8-4-3-5-9-25)28(20-31(34)32-16-18-36-19-17-32)29-22-33(30-11-7-6-10-27(29)30)21-24-12-14-26(35-2)15-13-24/h3-15,22-23,28H,16-21H2,1-2H3/t23-,28-/m0/s1. The lowest BCUT2D eigenvalue weighted by atomic mass is 9.80. The summed E-state index contributed by atoms with van der Waals surface area (Å²) < 4.78 is 13.1. The average molecular weight is 483 g/mol. The van der Waals surface area contributed by atoms with Gasteiger partial charge in [0.2, 0.25) is 5.91 Å². The fourth-order valence-electron chi connectivity index (χ4n) is 5.30. The van der Waals surface area contributed by atoms with Crippen LogP contribution in [0.1, 0.15) is 41.9 Å². The molecule has 0 saturated carbocycles. The second-order valence-electron chi connectivity index (χ2n) is 9.58. The van der Waals surface area contributed by atoms with Gasteiger partial charge < -0.3 is 18.9 Å². The molecule has 2 atom stereocenters. The molecule has 1 saturated heterocycles. The van der Waals surface area contributed by atoms with Crippen LogP contribution in [0.15, 0.2) is 85.1 Å². The van der Waals surface area contributed by atoms with Gasteiger partial charge in [0, 0.05) is 49.1 Å². The van der Waals surface area contributed by atoms with E-state index >= 15 is 0 Å². The summed E-state index contributed by atoms with van der Waals surface area (Å²) in [6.45, 7) is 5.59. The lowest BCUT2D eigenvalue weighted by Gasteiger charge is -2.30. The molecule has 186 valence electrons. The Labute approximate surface area is 213 Å². The van der Waals surface area contributed by atoms with Gasteiger partial charge >= 0.3 is 0 Å². The SMILES string of the molecule is COc1ccc(Cn2cc([C@@H](CC(=O)N3CCOCC3)[C@@H](C)c3ccccc3)c3ccccc32)cc1. The Hall–Kier alpha value is -3.57. The lowest BCUT2D eigenvalue weighted by molar-refractivity contribution is -0.135. The highest BCUT2D eigenvalue weighted by atomic mass is 16.5. The number of aromatic nitrogens is 1. The molecular weight excluding hydrogens is 448 g/mol. The summed E-state index contributed by atoms with van der Waals surface area (Å²) in [5.41, 5.74) is 4.88. The summed E-state index contributed by atoms with van der Waals surface area (Å²) in [6, 6.07) is 27.3. The molecule has 1 aliphatic heterocycles. The number of amides is 1. The van der Waals surface area contributed by atoms with Crippen molar-refractivity contribution in [2.45, 2.75) is 31.7 Å². The van der Waals surface area contributed by atoms with Crippen molar-refractivity contribution in [3.63, 3.8) is 0 Å². The first-order valence-corrected chi connectivity index (χ1v) is 12.7. The van der Waals surface area contributed by atoms with E-state index in [4.69, 9.17) is 9.47 Å². The first kappa shape index (κ1) is 24.1. The van der Waals surface area contributed by atoms with Gasteiger partial charge in [0.25, 0.3) is 0 Å². The van der Waals surface area contributed by atoms with E-state index in [1.54, 1.807) is 7.11 Å². The van der Waals surface area contributed by atoms with Crippen LogP contribution in [0.2, 0.25) is 0 Å². The Morgan fingerprint density at radius 3 is 2.36 bits per heavy atom. The molecule has 4 aromatic rings. The largest absolute Gasteiger partial charge is 0.497 e. The summed E-state index contributed by atoms with van der Waals surface area (Å²) in [6.07, 6.45) is 2.75. The number of rotatable bonds is 8. The van der Waals surface area contributed by atoms with Gasteiger partial charge in [0.1, 0.15) is 5.75 Å². The summed E-state index contributed by atoms with van der Waals surface area (Å²) in [5.74, 6) is 1.31. The van der Waals surface area contributed by atoms with E-state index in [2.05, 4.69) is 78.4 Å². The minimum absolute atomic E-state index is 0.0600. The van der Waals surface area contributed by atoms with Crippen LogP contribution in [-0.4, -0.2) is 48.8 Å². The maximum absolute atomic E-state index is 13.5. The van der Waals surface area contributed by atoms with Crippen LogP contribution in [0.5, 0.6) is 5.75 Å². The second-order valence-corrected chi connectivity index (χ2v) is 9.58. The van der Waals surface area contributed by atoms with Gasteiger partial charge in [0.15, 0.2) is 0 Å². The Morgan fingerprint density at radius 2 is 1.64 bits per heavy atom. The molecule has 36 heavy (non-hydrogen) atoms. The average Bonchev–Trinajstić information content (AvgIpc) is 3.30. The smallest absolute Gasteiger partial charge is 0.223 e. The highest BCUT2D eigenvalue weighted by molar-refractivity contribution is 5.86. The lowest BCUT2D eigenvalue weighted by Crippen LogP contribution is -2.41. The van der Waals surface area contributed by atoms with E-state index in [1.807, 2.05) is 23.1 Å². The zero-order valence-corrected chi connectivity index (χ0v) is 21.1. The van der Waals surface area contributed by atoms with Crippen LogP contribution in [0, 0.1) is 0 Å². The molecule has 0 unspecified atom stereocenters. The van der Waals surface area contributed by atoms with E-state index in [1.165, 1.54) is 27.6 Å². The highest BCUT2D eigenvalue weighted by Crippen LogP contribution is 2.40. The number of nitrogens with zero attached hydrogens (tertiary/aromatic N) is 2. The van der Waals surface area contributed by atoms with E-state index in [0.29, 0.717) is 32.7 Å². The van der Waals surface area contributed by atoms with Crippen LogP contribution in [0.3, 0.4) is 0 Å². The third kappa shape index (κ3) is 5.17. The Morgan fingerprint density at radius 1 is 0.944 bits per heavy atom. The van der Waals surface area contributed by atoms with Crippen molar-refractivity contribution >= 4 is 16.8 Å².